The number of hydrogen-bond donors (Lipinski definition) is 2. The van der Waals surface area contributed by atoms with E-state index in [2.05, 4.69) is 5.32 Å². The summed E-state index contributed by atoms with van der Waals surface area (Å²) in [5, 5.41) is 13.3. The molecule has 0 aromatic heterocycles. The maximum absolute atomic E-state index is 11.6. The summed E-state index contributed by atoms with van der Waals surface area (Å²) < 4.78 is 5.02. The molecule has 0 aromatic rings. The Bertz CT molecular complexity index is 265. The number of carbonyl (C=O) groups is 1. The van der Waals surface area contributed by atoms with Crippen LogP contribution >= 0.6 is 0 Å². The SMILES string of the molecule is CCOC(=O)[C@H]1NC[C@H]2[C@@H]1CC[C@@]2(C)O. The summed E-state index contributed by atoms with van der Waals surface area (Å²) in [7, 11) is 0. The van der Waals surface area contributed by atoms with Crippen molar-refractivity contribution >= 4 is 5.97 Å². The molecular formula is C11H19NO3. The zero-order valence-corrected chi connectivity index (χ0v) is 9.32. The van der Waals surface area contributed by atoms with Crippen LogP contribution in [0.1, 0.15) is 26.7 Å². The number of ether oxygens (including phenoxy) is 1. The molecular weight excluding hydrogens is 194 g/mol. The van der Waals surface area contributed by atoms with Gasteiger partial charge in [-0.3, -0.25) is 4.79 Å². The van der Waals surface area contributed by atoms with E-state index in [1.165, 1.54) is 0 Å². The third-order valence-electron chi connectivity index (χ3n) is 3.83. The van der Waals surface area contributed by atoms with E-state index in [9.17, 15) is 9.90 Å². The summed E-state index contributed by atoms with van der Waals surface area (Å²) in [6.45, 7) is 4.83. The van der Waals surface area contributed by atoms with E-state index in [1.54, 1.807) is 0 Å². The van der Waals surface area contributed by atoms with Crippen molar-refractivity contribution in [3.05, 3.63) is 0 Å². The Morgan fingerprint density at radius 3 is 3.07 bits per heavy atom. The summed E-state index contributed by atoms with van der Waals surface area (Å²) in [4.78, 5) is 11.6. The lowest BCUT2D eigenvalue weighted by molar-refractivity contribution is -0.146. The number of aliphatic hydroxyl groups is 1. The predicted molar refractivity (Wildman–Crippen MR) is 55.3 cm³/mol. The van der Waals surface area contributed by atoms with Crippen LogP contribution in [0, 0.1) is 11.8 Å². The number of hydrogen-bond acceptors (Lipinski definition) is 4. The van der Waals surface area contributed by atoms with Crippen molar-refractivity contribution in [3.63, 3.8) is 0 Å². The topological polar surface area (TPSA) is 58.6 Å². The maximum atomic E-state index is 11.6. The lowest BCUT2D eigenvalue weighted by Crippen LogP contribution is -2.37. The van der Waals surface area contributed by atoms with Gasteiger partial charge >= 0.3 is 5.97 Å². The molecule has 1 saturated carbocycles. The van der Waals surface area contributed by atoms with Gasteiger partial charge in [-0.1, -0.05) is 0 Å². The molecule has 1 aliphatic heterocycles. The van der Waals surface area contributed by atoms with Crippen molar-refractivity contribution in [1.82, 2.24) is 5.32 Å². The summed E-state index contributed by atoms with van der Waals surface area (Å²) in [6, 6.07) is -0.205. The summed E-state index contributed by atoms with van der Waals surface area (Å²) >= 11 is 0. The molecule has 1 heterocycles. The Labute approximate surface area is 90.0 Å². The fraction of sp³-hybridized carbons (Fsp3) is 0.909. The fourth-order valence-electron chi connectivity index (χ4n) is 2.97. The van der Waals surface area contributed by atoms with Gasteiger partial charge in [-0.2, -0.15) is 0 Å². The van der Waals surface area contributed by atoms with E-state index in [4.69, 9.17) is 4.74 Å². The molecule has 2 rings (SSSR count). The molecule has 2 N–H and O–H groups in total. The largest absolute Gasteiger partial charge is 0.465 e. The molecule has 86 valence electrons. The second-order valence-electron chi connectivity index (χ2n) is 4.80. The van der Waals surface area contributed by atoms with Gasteiger partial charge in [0.15, 0.2) is 0 Å². The molecule has 0 unspecified atom stereocenters. The lowest BCUT2D eigenvalue weighted by atomic mass is 9.87. The Morgan fingerprint density at radius 1 is 1.67 bits per heavy atom. The predicted octanol–water partition coefficient (Wildman–Crippen LogP) is 0.299. The molecule has 1 saturated heterocycles. The Hall–Kier alpha value is -0.610. The average molecular weight is 213 g/mol. The maximum Gasteiger partial charge on any atom is 0.323 e. The van der Waals surface area contributed by atoms with Gasteiger partial charge in [0.2, 0.25) is 0 Å². The molecule has 0 amide bonds. The molecule has 4 atom stereocenters. The second kappa shape index (κ2) is 3.76. The van der Waals surface area contributed by atoms with Gasteiger partial charge < -0.3 is 15.2 Å². The zero-order chi connectivity index (χ0) is 11.1. The Morgan fingerprint density at radius 2 is 2.40 bits per heavy atom. The Kier molecular flexibility index (Phi) is 2.73. The van der Waals surface area contributed by atoms with E-state index >= 15 is 0 Å². The van der Waals surface area contributed by atoms with E-state index in [0.717, 1.165) is 19.4 Å². The van der Waals surface area contributed by atoms with E-state index < -0.39 is 5.60 Å². The minimum atomic E-state index is -0.612. The van der Waals surface area contributed by atoms with Crippen LogP contribution in [-0.2, 0) is 9.53 Å². The van der Waals surface area contributed by atoms with Gasteiger partial charge in [0.05, 0.1) is 12.2 Å². The molecule has 4 nitrogen and oxygen atoms in total. The quantitative estimate of drug-likeness (QED) is 0.648. The van der Waals surface area contributed by atoms with E-state index in [1.807, 2.05) is 13.8 Å². The van der Waals surface area contributed by atoms with Crippen LogP contribution in [0.3, 0.4) is 0 Å². The van der Waals surface area contributed by atoms with Crippen molar-refractivity contribution in [2.75, 3.05) is 13.2 Å². The fourth-order valence-corrected chi connectivity index (χ4v) is 2.97. The standard InChI is InChI=1S/C11H19NO3/c1-3-15-10(13)9-7-4-5-11(2,14)8(7)6-12-9/h7-9,12,14H,3-6H2,1-2H3/t7-,8-,9-,11+/m0/s1. The molecule has 15 heavy (non-hydrogen) atoms. The van der Waals surface area contributed by atoms with Crippen LogP contribution in [0.15, 0.2) is 0 Å². The van der Waals surface area contributed by atoms with Gasteiger partial charge in [-0.25, -0.2) is 0 Å². The van der Waals surface area contributed by atoms with E-state index in [-0.39, 0.29) is 23.8 Å². The highest BCUT2D eigenvalue weighted by Crippen LogP contribution is 2.44. The summed E-state index contributed by atoms with van der Waals surface area (Å²) in [5.74, 6) is 0.286. The van der Waals surface area contributed by atoms with Crippen molar-refractivity contribution in [2.24, 2.45) is 11.8 Å². The van der Waals surface area contributed by atoms with Gasteiger partial charge in [-0.05, 0) is 32.6 Å². The van der Waals surface area contributed by atoms with Crippen molar-refractivity contribution in [1.29, 1.82) is 0 Å². The lowest BCUT2D eigenvalue weighted by Gasteiger charge is -2.24. The highest BCUT2D eigenvalue weighted by Gasteiger charge is 2.52. The van der Waals surface area contributed by atoms with Gasteiger partial charge in [0, 0.05) is 12.5 Å². The third-order valence-corrected chi connectivity index (χ3v) is 3.83. The number of rotatable bonds is 2. The van der Waals surface area contributed by atoms with Crippen LogP contribution in [0.25, 0.3) is 0 Å². The first kappa shape index (κ1) is 10.9. The van der Waals surface area contributed by atoms with Gasteiger partial charge in [0.1, 0.15) is 6.04 Å². The van der Waals surface area contributed by atoms with Crippen LogP contribution < -0.4 is 5.32 Å². The number of esters is 1. The molecule has 0 aromatic carbocycles. The minimum absolute atomic E-state index is 0.164. The highest BCUT2D eigenvalue weighted by atomic mass is 16.5. The van der Waals surface area contributed by atoms with Gasteiger partial charge in [-0.15, -0.1) is 0 Å². The van der Waals surface area contributed by atoms with Crippen LogP contribution in [0.4, 0.5) is 0 Å². The zero-order valence-electron chi connectivity index (χ0n) is 9.32. The molecule has 0 spiro atoms. The Balaban J connectivity index is 2.05. The second-order valence-corrected chi connectivity index (χ2v) is 4.80. The number of nitrogens with one attached hydrogen (secondary N) is 1. The first-order valence-electron chi connectivity index (χ1n) is 5.68. The molecule has 0 radical (unpaired) electrons. The third kappa shape index (κ3) is 1.76. The first-order chi connectivity index (χ1) is 7.06. The molecule has 1 aliphatic carbocycles. The minimum Gasteiger partial charge on any atom is -0.465 e. The summed E-state index contributed by atoms with van der Waals surface area (Å²) in [5.41, 5.74) is -0.612. The number of fused-ring (bicyclic) bond motifs is 1. The van der Waals surface area contributed by atoms with Crippen molar-refractivity contribution in [2.45, 2.75) is 38.3 Å². The van der Waals surface area contributed by atoms with E-state index in [0.29, 0.717) is 6.61 Å². The van der Waals surface area contributed by atoms with Crippen LogP contribution in [0.5, 0.6) is 0 Å². The average Bonchev–Trinajstić information content (AvgIpc) is 2.69. The summed E-state index contributed by atoms with van der Waals surface area (Å²) in [6.07, 6.45) is 1.70. The molecule has 2 aliphatic rings. The molecule has 4 heteroatoms. The smallest absolute Gasteiger partial charge is 0.323 e. The van der Waals surface area contributed by atoms with Crippen molar-refractivity contribution < 1.29 is 14.6 Å². The molecule has 0 bridgehead atoms. The van der Waals surface area contributed by atoms with Crippen LogP contribution in [-0.4, -0.2) is 35.9 Å². The molecule has 2 fully saturated rings. The first-order valence-corrected chi connectivity index (χ1v) is 5.68. The van der Waals surface area contributed by atoms with Gasteiger partial charge in [0.25, 0.3) is 0 Å². The normalized spacial score (nSPS) is 44.1. The monoisotopic (exact) mass is 213 g/mol. The highest BCUT2D eigenvalue weighted by molar-refractivity contribution is 5.76. The number of carbonyl (C=O) groups excluding carboxylic acids is 1. The van der Waals surface area contributed by atoms with Crippen molar-refractivity contribution in [3.8, 4) is 0 Å². The van der Waals surface area contributed by atoms with Crippen LogP contribution in [0.2, 0.25) is 0 Å².